The van der Waals surface area contributed by atoms with Crippen LogP contribution >= 0.6 is 34.3 Å². The fourth-order valence-corrected chi connectivity index (χ4v) is 6.93. The van der Waals surface area contributed by atoms with Crippen molar-refractivity contribution in [2.24, 2.45) is 0 Å². The van der Waals surface area contributed by atoms with Crippen LogP contribution in [0, 0.1) is 0 Å². The first-order chi connectivity index (χ1) is 12.4. The van der Waals surface area contributed by atoms with Crippen LogP contribution in [0.3, 0.4) is 0 Å². The van der Waals surface area contributed by atoms with Gasteiger partial charge >= 0.3 is 0 Å². The molecule has 1 amide bonds. The number of anilines is 1. The molecule has 3 aromatic rings. The van der Waals surface area contributed by atoms with Crippen molar-refractivity contribution >= 4 is 66.1 Å². The lowest BCUT2D eigenvalue weighted by molar-refractivity contribution is -0.119. The molecule has 1 aromatic carbocycles. The van der Waals surface area contributed by atoms with Crippen LogP contribution in [0.1, 0.15) is 12.8 Å². The normalized spacial score (nSPS) is 18.4. The fraction of sp³-hybridized carbons (Fsp3) is 0.250. The van der Waals surface area contributed by atoms with Crippen molar-refractivity contribution in [3.8, 4) is 0 Å². The second kappa shape index (κ2) is 6.90. The van der Waals surface area contributed by atoms with Crippen molar-refractivity contribution in [1.29, 1.82) is 0 Å². The zero-order chi connectivity index (χ0) is 18.3. The SMILES string of the molecule is O=C(Nc1ccc2scnc2c1)[C@H]1CCCN1S(=O)(=O)c1ccc(Cl)s1. The van der Waals surface area contributed by atoms with Crippen LogP contribution in [0.25, 0.3) is 10.2 Å². The number of halogens is 1. The predicted molar refractivity (Wildman–Crippen MR) is 104 cm³/mol. The second-order valence-corrected chi connectivity index (χ2v) is 10.6. The van der Waals surface area contributed by atoms with E-state index in [1.807, 2.05) is 6.07 Å². The minimum Gasteiger partial charge on any atom is -0.325 e. The molecule has 0 saturated carbocycles. The first-order valence-corrected chi connectivity index (χ1v) is 11.4. The third kappa shape index (κ3) is 3.25. The summed E-state index contributed by atoms with van der Waals surface area (Å²) in [5.41, 5.74) is 3.15. The van der Waals surface area contributed by atoms with E-state index in [9.17, 15) is 13.2 Å². The molecule has 1 fully saturated rings. The summed E-state index contributed by atoms with van der Waals surface area (Å²) in [6.07, 6.45) is 1.13. The number of carbonyl (C=O) groups is 1. The molecule has 1 N–H and O–H groups in total. The van der Waals surface area contributed by atoms with Gasteiger partial charge in [-0.25, -0.2) is 13.4 Å². The summed E-state index contributed by atoms with van der Waals surface area (Å²) < 4.78 is 28.5. The summed E-state index contributed by atoms with van der Waals surface area (Å²) in [6, 6.07) is 7.77. The van der Waals surface area contributed by atoms with Crippen LogP contribution in [0.2, 0.25) is 4.34 Å². The van der Waals surface area contributed by atoms with Gasteiger partial charge in [-0.2, -0.15) is 4.31 Å². The number of aromatic nitrogens is 1. The number of amides is 1. The minimum absolute atomic E-state index is 0.158. The number of carbonyl (C=O) groups excluding carboxylic acids is 1. The maximum Gasteiger partial charge on any atom is 0.253 e. The lowest BCUT2D eigenvalue weighted by Gasteiger charge is -2.22. The number of rotatable bonds is 4. The third-order valence-electron chi connectivity index (χ3n) is 4.22. The molecule has 1 atom stereocenters. The van der Waals surface area contributed by atoms with E-state index in [0.717, 1.165) is 21.6 Å². The van der Waals surface area contributed by atoms with Gasteiger partial charge in [0.1, 0.15) is 10.3 Å². The summed E-state index contributed by atoms with van der Waals surface area (Å²) in [5, 5.41) is 2.82. The lowest BCUT2D eigenvalue weighted by Crippen LogP contribution is -2.42. The van der Waals surface area contributed by atoms with Gasteiger partial charge in [-0.05, 0) is 43.2 Å². The van der Waals surface area contributed by atoms with Crippen LogP contribution in [0.5, 0.6) is 0 Å². The van der Waals surface area contributed by atoms with E-state index in [1.54, 1.807) is 23.7 Å². The molecule has 0 bridgehead atoms. The number of sulfonamides is 1. The maximum absolute atomic E-state index is 12.8. The number of hydrogen-bond acceptors (Lipinski definition) is 6. The highest BCUT2D eigenvalue weighted by molar-refractivity contribution is 7.91. The second-order valence-electron chi connectivity index (χ2n) is 5.86. The van der Waals surface area contributed by atoms with Gasteiger partial charge in [0, 0.05) is 12.2 Å². The van der Waals surface area contributed by atoms with Gasteiger partial charge in [-0.15, -0.1) is 22.7 Å². The van der Waals surface area contributed by atoms with Crippen LogP contribution < -0.4 is 5.32 Å². The number of fused-ring (bicyclic) bond motifs is 1. The molecule has 0 radical (unpaired) electrons. The van der Waals surface area contributed by atoms with E-state index < -0.39 is 16.1 Å². The Hall–Kier alpha value is -1.52. The highest BCUT2D eigenvalue weighted by Crippen LogP contribution is 2.32. The summed E-state index contributed by atoms with van der Waals surface area (Å²) in [6.45, 7) is 0.320. The molecule has 6 nitrogen and oxygen atoms in total. The molecule has 26 heavy (non-hydrogen) atoms. The maximum atomic E-state index is 12.8. The molecule has 2 aromatic heterocycles. The van der Waals surface area contributed by atoms with Crippen molar-refractivity contribution in [1.82, 2.24) is 9.29 Å². The molecule has 0 aliphatic carbocycles. The zero-order valence-electron chi connectivity index (χ0n) is 13.4. The number of nitrogens with one attached hydrogen (secondary N) is 1. The molecule has 1 aliphatic rings. The standard InChI is InChI=1S/C16H14ClN3O3S3/c17-14-5-6-15(25-14)26(22,23)20-7-1-2-12(20)16(21)19-10-3-4-13-11(8-10)18-9-24-13/h3-6,8-9,12H,1-2,7H2,(H,19,21)/t12-/m1/s1. The Morgan fingerprint density at radius 1 is 1.31 bits per heavy atom. The summed E-state index contributed by atoms with van der Waals surface area (Å²) >= 11 is 8.39. The van der Waals surface area contributed by atoms with Crippen molar-refractivity contribution in [3.63, 3.8) is 0 Å². The van der Waals surface area contributed by atoms with Crippen molar-refractivity contribution in [2.45, 2.75) is 23.1 Å². The van der Waals surface area contributed by atoms with Crippen LogP contribution in [0.4, 0.5) is 5.69 Å². The Morgan fingerprint density at radius 3 is 2.92 bits per heavy atom. The Kier molecular flexibility index (Phi) is 4.74. The topological polar surface area (TPSA) is 79.4 Å². The molecule has 3 heterocycles. The molecule has 0 unspecified atom stereocenters. The Balaban J connectivity index is 1.56. The summed E-state index contributed by atoms with van der Waals surface area (Å²) in [4.78, 5) is 17.0. The number of benzene rings is 1. The average Bonchev–Trinajstić information content (AvgIpc) is 3.34. The van der Waals surface area contributed by atoms with Gasteiger partial charge in [0.25, 0.3) is 10.0 Å². The van der Waals surface area contributed by atoms with E-state index >= 15 is 0 Å². The van der Waals surface area contributed by atoms with E-state index in [-0.39, 0.29) is 10.1 Å². The highest BCUT2D eigenvalue weighted by Gasteiger charge is 2.40. The minimum atomic E-state index is -3.73. The smallest absolute Gasteiger partial charge is 0.253 e. The number of thiophene rings is 1. The van der Waals surface area contributed by atoms with Gasteiger partial charge in [-0.1, -0.05) is 11.6 Å². The third-order valence-corrected chi connectivity index (χ3v) is 8.63. The molecule has 4 rings (SSSR count). The van der Waals surface area contributed by atoms with Crippen molar-refractivity contribution in [2.75, 3.05) is 11.9 Å². The van der Waals surface area contributed by atoms with E-state index in [1.165, 1.54) is 21.7 Å². The van der Waals surface area contributed by atoms with Gasteiger partial charge in [0.05, 0.1) is 20.1 Å². The Labute approximate surface area is 163 Å². The fourth-order valence-electron chi connectivity index (χ4n) is 3.00. The summed E-state index contributed by atoms with van der Waals surface area (Å²) in [5.74, 6) is -0.330. The first kappa shape index (κ1) is 17.9. The number of thiazole rings is 1. The molecule has 136 valence electrons. The molecule has 0 spiro atoms. The van der Waals surface area contributed by atoms with Crippen LogP contribution in [-0.2, 0) is 14.8 Å². The van der Waals surface area contributed by atoms with Crippen LogP contribution in [-0.4, -0.2) is 36.2 Å². The summed E-state index contributed by atoms with van der Waals surface area (Å²) in [7, 11) is -3.73. The van der Waals surface area contributed by atoms with Crippen LogP contribution in [0.15, 0.2) is 40.1 Å². The molecular weight excluding hydrogens is 414 g/mol. The van der Waals surface area contributed by atoms with Crippen molar-refractivity contribution in [3.05, 3.63) is 40.2 Å². The Morgan fingerprint density at radius 2 is 2.15 bits per heavy atom. The van der Waals surface area contributed by atoms with Gasteiger partial charge < -0.3 is 5.32 Å². The average molecular weight is 428 g/mol. The highest BCUT2D eigenvalue weighted by atomic mass is 35.5. The largest absolute Gasteiger partial charge is 0.325 e. The van der Waals surface area contributed by atoms with Gasteiger partial charge in [-0.3, -0.25) is 4.79 Å². The quantitative estimate of drug-likeness (QED) is 0.686. The molecule has 10 heteroatoms. The lowest BCUT2D eigenvalue weighted by atomic mass is 10.2. The van der Waals surface area contributed by atoms with Crippen molar-refractivity contribution < 1.29 is 13.2 Å². The molecular formula is C16H14ClN3O3S3. The number of nitrogens with zero attached hydrogens (tertiary/aromatic N) is 2. The number of hydrogen-bond donors (Lipinski definition) is 1. The van der Waals surface area contributed by atoms with E-state index in [0.29, 0.717) is 29.4 Å². The Bertz CT molecular complexity index is 1080. The van der Waals surface area contributed by atoms with Gasteiger partial charge in [0.15, 0.2) is 0 Å². The predicted octanol–water partition coefficient (Wildman–Crippen LogP) is 3.80. The molecule has 1 saturated heterocycles. The zero-order valence-corrected chi connectivity index (χ0v) is 16.6. The van der Waals surface area contributed by atoms with E-state index in [4.69, 9.17) is 11.6 Å². The van der Waals surface area contributed by atoms with E-state index in [2.05, 4.69) is 10.3 Å². The molecule has 1 aliphatic heterocycles. The first-order valence-electron chi connectivity index (χ1n) is 7.86. The van der Waals surface area contributed by atoms with Gasteiger partial charge in [0.2, 0.25) is 5.91 Å². The monoisotopic (exact) mass is 427 g/mol.